The monoisotopic (exact) mass is 282 g/mol. The van der Waals surface area contributed by atoms with Crippen molar-refractivity contribution in [3.8, 4) is 0 Å². The zero-order valence-electron chi connectivity index (χ0n) is 11.4. The maximum Gasteiger partial charge on any atom is 0.274 e. The third-order valence-electron chi connectivity index (χ3n) is 2.43. The number of hydrogen-bond donors (Lipinski definition) is 2. The minimum Gasteiger partial charge on any atom is -0.363 e. The molecule has 1 heterocycles. The smallest absolute Gasteiger partial charge is 0.274 e. The Balaban J connectivity index is 2.54. The summed E-state index contributed by atoms with van der Waals surface area (Å²) in [6, 6.07) is 3.67. The first-order chi connectivity index (χ1) is 9.65. The second-order valence-electron chi connectivity index (χ2n) is 3.82. The Bertz CT molecular complexity index is 434. The van der Waals surface area contributed by atoms with E-state index in [0.717, 1.165) is 11.8 Å². The summed E-state index contributed by atoms with van der Waals surface area (Å²) >= 11 is 0. The van der Waals surface area contributed by atoms with Crippen LogP contribution in [0.2, 0.25) is 0 Å². The molecule has 1 aromatic heterocycles. The highest BCUT2D eigenvalue weighted by atomic mass is 16.7. The van der Waals surface area contributed by atoms with Gasteiger partial charge in [-0.3, -0.25) is 15.1 Å². The molecular formula is C12H18N4O4. The zero-order valence-corrected chi connectivity index (χ0v) is 11.4. The Morgan fingerprint density at radius 1 is 1.50 bits per heavy atom. The van der Waals surface area contributed by atoms with Gasteiger partial charge in [-0.15, -0.1) is 0 Å². The molecule has 0 saturated carbocycles. The molecule has 0 bridgehead atoms. The van der Waals surface area contributed by atoms with Gasteiger partial charge in [-0.1, -0.05) is 6.07 Å². The number of nitro groups is 1. The van der Waals surface area contributed by atoms with Gasteiger partial charge in [0.15, 0.2) is 12.1 Å². The van der Waals surface area contributed by atoms with Gasteiger partial charge in [0.1, 0.15) is 0 Å². The van der Waals surface area contributed by atoms with Gasteiger partial charge < -0.3 is 20.1 Å². The van der Waals surface area contributed by atoms with Crippen molar-refractivity contribution >= 4 is 0 Å². The minimum absolute atomic E-state index is 0.276. The van der Waals surface area contributed by atoms with Gasteiger partial charge in [0.2, 0.25) is 0 Å². The third-order valence-corrected chi connectivity index (χ3v) is 2.43. The van der Waals surface area contributed by atoms with Crippen molar-refractivity contribution in [1.82, 2.24) is 15.6 Å². The van der Waals surface area contributed by atoms with Crippen molar-refractivity contribution in [2.75, 3.05) is 20.8 Å². The fourth-order valence-corrected chi connectivity index (χ4v) is 1.42. The molecule has 0 spiro atoms. The Morgan fingerprint density at radius 3 is 2.80 bits per heavy atom. The highest BCUT2D eigenvalue weighted by molar-refractivity contribution is 5.09. The molecule has 0 fully saturated rings. The summed E-state index contributed by atoms with van der Waals surface area (Å²) in [5.74, 6) is 0.276. The standard InChI is InChI=1S/C12H18N4O4/c1-19-12(20-2)8-15-11(9-16(17)18)14-7-10-4-3-5-13-6-10/h3-6,9,12,14-15H,7-8H2,1-2H3/b11-9-. The number of aromatic nitrogens is 1. The van der Waals surface area contributed by atoms with E-state index in [9.17, 15) is 10.1 Å². The van der Waals surface area contributed by atoms with Crippen LogP contribution in [0.25, 0.3) is 0 Å². The molecule has 8 nitrogen and oxygen atoms in total. The van der Waals surface area contributed by atoms with Crippen LogP contribution in [0.4, 0.5) is 0 Å². The van der Waals surface area contributed by atoms with E-state index < -0.39 is 11.2 Å². The Kier molecular flexibility index (Phi) is 7.01. The molecule has 8 heteroatoms. The van der Waals surface area contributed by atoms with Crippen molar-refractivity contribution in [2.45, 2.75) is 12.8 Å². The van der Waals surface area contributed by atoms with E-state index in [2.05, 4.69) is 15.6 Å². The predicted octanol–water partition coefficient (Wildman–Crippen LogP) is 0.455. The van der Waals surface area contributed by atoms with Crippen molar-refractivity contribution in [1.29, 1.82) is 0 Å². The van der Waals surface area contributed by atoms with E-state index in [1.807, 2.05) is 6.07 Å². The lowest BCUT2D eigenvalue weighted by atomic mass is 10.3. The van der Waals surface area contributed by atoms with Crippen molar-refractivity contribution in [3.63, 3.8) is 0 Å². The van der Waals surface area contributed by atoms with Gasteiger partial charge >= 0.3 is 0 Å². The molecule has 1 rings (SSSR count). The Labute approximate surface area is 116 Å². The van der Waals surface area contributed by atoms with E-state index in [1.165, 1.54) is 14.2 Å². The summed E-state index contributed by atoms with van der Waals surface area (Å²) in [5.41, 5.74) is 0.915. The fraction of sp³-hybridized carbons (Fsp3) is 0.417. The molecule has 0 aliphatic heterocycles. The van der Waals surface area contributed by atoms with E-state index in [1.54, 1.807) is 18.5 Å². The summed E-state index contributed by atoms with van der Waals surface area (Å²) in [4.78, 5) is 14.0. The number of nitrogens with one attached hydrogen (secondary N) is 2. The van der Waals surface area contributed by atoms with Crippen LogP contribution in [0.1, 0.15) is 5.56 Å². The molecule has 0 atom stereocenters. The fourth-order valence-electron chi connectivity index (χ4n) is 1.42. The summed E-state index contributed by atoms with van der Waals surface area (Å²) in [6.07, 6.45) is 3.73. The summed E-state index contributed by atoms with van der Waals surface area (Å²) in [7, 11) is 2.99. The molecule has 20 heavy (non-hydrogen) atoms. The van der Waals surface area contributed by atoms with E-state index in [-0.39, 0.29) is 12.4 Å². The van der Waals surface area contributed by atoms with Gasteiger partial charge in [0.05, 0.1) is 11.5 Å². The van der Waals surface area contributed by atoms with Gasteiger partial charge in [-0.05, 0) is 11.6 Å². The number of methoxy groups -OCH3 is 2. The number of rotatable bonds is 9. The molecule has 1 aromatic rings. The molecule has 0 aliphatic carbocycles. The molecule has 0 radical (unpaired) electrons. The second kappa shape index (κ2) is 8.83. The van der Waals surface area contributed by atoms with Crippen molar-refractivity contribution < 1.29 is 14.4 Å². The van der Waals surface area contributed by atoms with Gasteiger partial charge in [0, 0.05) is 33.2 Å². The number of ether oxygens (including phenoxy) is 2. The van der Waals surface area contributed by atoms with Crippen LogP contribution in [0.5, 0.6) is 0 Å². The molecule has 110 valence electrons. The van der Waals surface area contributed by atoms with Crippen molar-refractivity contribution in [3.05, 3.63) is 52.2 Å². The second-order valence-corrected chi connectivity index (χ2v) is 3.82. The number of nitrogens with zero attached hydrogens (tertiary/aromatic N) is 2. The molecular weight excluding hydrogens is 264 g/mol. The predicted molar refractivity (Wildman–Crippen MR) is 72.0 cm³/mol. The van der Waals surface area contributed by atoms with E-state index in [4.69, 9.17) is 9.47 Å². The maximum absolute atomic E-state index is 10.6. The van der Waals surface area contributed by atoms with E-state index >= 15 is 0 Å². The van der Waals surface area contributed by atoms with Crippen LogP contribution in [-0.2, 0) is 16.0 Å². The Morgan fingerprint density at radius 2 is 2.25 bits per heavy atom. The summed E-state index contributed by atoms with van der Waals surface area (Å²) < 4.78 is 10.00. The number of hydrogen-bond acceptors (Lipinski definition) is 7. The number of pyridine rings is 1. The average Bonchev–Trinajstić information content (AvgIpc) is 2.46. The lowest BCUT2D eigenvalue weighted by Gasteiger charge is -2.16. The normalized spacial score (nSPS) is 11.4. The minimum atomic E-state index is -0.535. The van der Waals surface area contributed by atoms with Crippen LogP contribution >= 0.6 is 0 Å². The van der Waals surface area contributed by atoms with Gasteiger partial charge in [-0.2, -0.15) is 0 Å². The lowest BCUT2D eigenvalue weighted by Crippen LogP contribution is -2.34. The quantitative estimate of drug-likeness (QED) is 0.385. The summed E-state index contributed by atoms with van der Waals surface area (Å²) in [6.45, 7) is 0.706. The van der Waals surface area contributed by atoms with Gasteiger partial charge in [-0.25, -0.2) is 0 Å². The van der Waals surface area contributed by atoms with Crippen LogP contribution in [0.3, 0.4) is 0 Å². The van der Waals surface area contributed by atoms with Crippen LogP contribution in [-0.4, -0.2) is 37.0 Å². The van der Waals surface area contributed by atoms with Crippen molar-refractivity contribution in [2.24, 2.45) is 0 Å². The Hall–Kier alpha value is -2.19. The largest absolute Gasteiger partial charge is 0.363 e. The first kappa shape index (κ1) is 15.9. The first-order valence-electron chi connectivity index (χ1n) is 5.93. The highest BCUT2D eigenvalue weighted by Crippen LogP contribution is 1.97. The summed E-state index contributed by atoms with van der Waals surface area (Å²) in [5, 5.41) is 16.4. The van der Waals surface area contributed by atoms with Crippen LogP contribution in [0.15, 0.2) is 36.5 Å². The maximum atomic E-state index is 10.6. The molecule has 2 N–H and O–H groups in total. The lowest BCUT2D eigenvalue weighted by molar-refractivity contribution is -0.404. The molecule has 0 aromatic carbocycles. The average molecular weight is 282 g/mol. The highest BCUT2D eigenvalue weighted by Gasteiger charge is 2.08. The first-order valence-corrected chi connectivity index (χ1v) is 5.93. The molecule has 0 aliphatic rings. The van der Waals surface area contributed by atoms with Gasteiger partial charge in [0.25, 0.3) is 6.20 Å². The third kappa shape index (κ3) is 6.12. The molecule has 0 unspecified atom stereocenters. The van der Waals surface area contributed by atoms with Crippen LogP contribution in [0, 0.1) is 10.1 Å². The zero-order chi connectivity index (χ0) is 14.8. The SMILES string of the molecule is COC(CN/C(=C\[N+](=O)[O-])NCc1cccnc1)OC. The topological polar surface area (TPSA) is 98.5 Å². The molecule has 0 amide bonds. The van der Waals surface area contributed by atoms with Crippen LogP contribution < -0.4 is 10.6 Å². The van der Waals surface area contributed by atoms with E-state index in [0.29, 0.717) is 6.54 Å². The molecule has 0 saturated heterocycles.